The van der Waals surface area contributed by atoms with E-state index in [0.29, 0.717) is 4.57 Å². The average molecular weight is 331 g/mol. The highest BCUT2D eigenvalue weighted by Gasteiger charge is 2.35. The molecule has 0 fully saturated rings. The summed E-state index contributed by atoms with van der Waals surface area (Å²) in [6.07, 6.45) is -4.85. The maximum Gasteiger partial charge on any atom is 0.431 e. The third-order valence-corrected chi connectivity index (χ3v) is 3.08. The molecule has 0 spiro atoms. The second-order valence-electron chi connectivity index (χ2n) is 4.16. The number of hydrogen-bond acceptors (Lipinski definition) is 4. The number of halogens is 4. The van der Waals surface area contributed by atoms with Crippen LogP contribution < -0.4 is 11.2 Å². The van der Waals surface area contributed by atoms with Crippen molar-refractivity contribution in [1.29, 1.82) is 5.26 Å². The zero-order valence-electron chi connectivity index (χ0n) is 10.8. The second-order valence-corrected chi connectivity index (χ2v) is 4.52. The largest absolute Gasteiger partial charge is 0.431 e. The van der Waals surface area contributed by atoms with Gasteiger partial charge in [0.25, 0.3) is 5.56 Å². The number of nitrogens with zero attached hydrogens (tertiary/aromatic N) is 4. The highest BCUT2D eigenvalue weighted by atomic mass is 35.5. The Kier molecular flexibility index (Phi) is 3.81. The van der Waals surface area contributed by atoms with Gasteiger partial charge in [-0.05, 0) is 12.1 Å². The number of pyridine rings is 1. The van der Waals surface area contributed by atoms with E-state index in [2.05, 4.69) is 4.98 Å². The van der Waals surface area contributed by atoms with E-state index >= 15 is 0 Å². The van der Waals surface area contributed by atoms with E-state index in [9.17, 15) is 22.8 Å². The maximum absolute atomic E-state index is 12.7. The van der Waals surface area contributed by atoms with Crippen LogP contribution in [0.3, 0.4) is 0 Å². The SMILES string of the molecule is Cn1c(C(F)(F)F)cc(=O)n(-c2ccc(C#N)c(Cl)n2)c1=O. The molecule has 0 aromatic carbocycles. The Balaban J connectivity index is 2.77. The topological polar surface area (TPSA) is 80.7 Å². The molecule has 0 saturated carbocycles. The molecule has 2 aromatic rings. The number of aromatic nitrogens is 3. The molecule has 0 N–H and O–H groups in total. The summed E-state index contributed by atoms with van der Waals surface area (Å²) < 4.78 is 38.9. The van der Waals surface area contributed by atoms with Crippen molar-refractivity contribution in [2.24, 2.45) is 7.05 Å². The predicted molar refractivity (Wildman–Crippen MR) is 69.8 cm³/mol. The lowest BCUT2D eigenvalue weighted by Gasteiger charge is -2.13. The first-order chi connectivity index (χ1) is 10.2. The van der Waals surface area contributed by atoms with Crippen LogP contribution in [-0.4, -0.2) is 14.1 Å². The molecule has 0 atom stereocenters. The van der Waals surface area contributed by atoms with Gasteiger partial charge in [0.05, 0.1) is 5.56 Å². The summed E-state index contributed by atoms with van der Waals surface area (Å²) in [4.78, 5) is 27.5. The summed E-state index contributed by atoms with van der Waals surface area (Å²) in [6.45, 7) is 0. The van der Waals surface area contributed by atoms with E-state index in [0.717, 1.165) is 13.1 Å². The quantitative estimate of drug-likeness (QED) is 0.742. The molecule has 0 aliphatic carbocycles. The Morgan fingerprint density at radius 2 is 1.95 bits per heavy atom. The van der Waals surface area contributed by atoms with Gasteiger partial charge < -0.3 is 0 Å². The zero-order chi connectivity index (χ0) is 16.7. The summed E-state index contributed by atoms with van der Waals surface area (Å²) in [5, 5.41) is 8.46. The molecular formula is C12H6ClF3N4O2. The predicted octanol–water partition coefficient (Wildman–Crippen LogP) is 1.48. The van der Waals surface area contributed by atoms with Crippen LogP contribution in [0.25, 0.3) is 5.82 Å². The van der Waals surface area contributed by atoms with Gasteiger partial charge in [-0.3, -0.25) is 9.36 Å². The molecule has 6 nitrogen and oxygen atoms in total. The Morgan fingerprint density at radius 3 is 2.45 bits per heavy atom. The summed E-state index contributed by atoms with van der Waals surface area (Å²) in [5.41, 5.74) is -3.81. The molecule has 22 heavy (non-hydrogen) atoms. The molecule has 0 aliphatic heterocycles. The van der Waals surface area contributed by atoms with Gasteiger partial charge in [-0.25, -0.2) is 14.3 Å². The van der Waals surface area contributed by atoms with Crippen LogP contribution in [0, 0.1) is 11.3 Å². The van der Waals surface area contributed by atoms with Crippen LogP contribution in [0.1, 0.15) is 11.3 Å². The maximum atomic E-state index is 12.7. The average Bonchev–Trinajstić information content (AvgIpc) is 2.42. The van der Waals surface area contributed by atoms with Crippen molar-refractivity contribution in [2.75, 3.05) is 0 Å². The van der Waals surface area contributed by atoms with E-state index in [1.54, 1.807) is 6.07 Å². The second kappa shape index (κ2) is 5.31. The number of alkyl halides is 3. The third kappa shape index (κ3) is 2.60. The summed E-state index contributed by atoms with van der Waals surface area (Å²) in [5.74, 6) is -0.275. The van der Waals surface area contributed by atoms with Crippen molar-refractivity contribution in [3.05, 3.63) is 55.4 Å². The van der Waals surface area contributed by atoms with Crippen LogP contribution in [0.5, 0.6) is 0 Å². The molecule has 2 aromatic heterocycles. The van der Waals surface area contributed by atoms with Gasteiger partial charge >= 0.3 is 11.9 Å². The van der Waals surface area contributed by atoms with Gasteiger partial charge in [0, 0.05) is 13.1 Å². The molecule has 0 bridgehead atoms. The van der Waals surface area contributed by atoms with E-state index in [1.165, 1.54) is 6.07 Å². The van der Waals surface area contributed by atoms with Gasteiger partial charge in [0.1, 0.15) is 22.7 Å². The number of rotatable bonds is 1. The highest BCUT2D eigenvalue weighted by molar-refractivity contribution is 6.30. The third-order valence-electron chi connectivity index (χ3n) is 2.79. The van der Waals surface area contributed by atoms with E-state index < -0.39 is 23.1 Å². The van der Waals surface area contributed by atoms with Crippen molar-refractivity contribution in [3.63, 3.8) is 0 Å². The van der Waals surface area contributed by atoms with Gasteiger partial charge in [0.15, 0.2) is 0 Å². The smallest absolute Gasteiger partial charge is 0.292 e. The highest BCUT2D eigenvalue weighted by Crippen LogP contribution is 2.26. The summed E-state index contributed by atoms with van der Waals surface area (Å²) >= 11 is 5.69. The first-order valence-corrected chi connectivity index (χ1v) is 6.02. The van der Waals surface area contributed by atoms with Crippen molar-refractivity contribution >= 4 is 11.6 Å². The van der Waals surface area contributed by atoms with Gasteiger partial charge in [-0.1, -0.05) is 11.6 Å². The minimum absolute atomic E-state index is 0.00204. The van der Waals surface area contributed by atoms with Crippen molar-refractivity contribution < 1.29 is 13.2 Å². The summed E-state index contributed by atoms with van der Waals surface area (Å²) in [7, 11) is 0.881. The monoisotopic (exact) mass is 330 g/mol. The van der Waals surface area contributed by atoms with E-state index in [1.807, 2.05) is 0 Å². The van der Waals surface area contributed by atoms with Crippen molar-refractivity contribution in [3.8, 4) is 11.9 Å². The molecule has 2 rings (SSSR count). The fourth-order valence-electron chi connectivity index (χ4n) is 1.74. The van der Waals surface area contributed by atoms with Crippen LogP contribution >= 0.6 is 11.6 Å². The summed E-state index contributed by atoms with van der Waals surface area (Å²) in [6, 6.07) is 4.36. The van der Waals surface area contributed by atoms with Crippen LogP contribution in [-0.2, 0) is 13.2 Å². The minimum atomic E-state index is -4.85. The zero-order valence-corrected chi connectivity index (χ0v) is 11.6. The van der Waals surface area contributed by atoms with E-state index in [4.69, 9.17) is 16.9 Å². The van der Waals surface area contributed by atoms with Gasteiger partial charge in [0.2, 0.25) is 0 Å². The van der Waals surface area contributed by atoms with Crippen molar-refractivity contribution in [2.45, 2.75) is 6.18 Å². The van der Waals surface area contributed by atoms with Crippen molar-refractivity contribution in [1.82, 2.24) is 14.1 Å². The van der Waals surface area contributed by atoms with Gasteiger partial charge in [-0.2, -0.15) is 18.4 Å². The fraction of sp³-hybridized carbons (Fsp3) is 0.167. The number of nitriles is 1. The standard InChI is InChI=1S/C12H6ClF3N4O2/c1-19-7(12(14,15)16)4-9(21)20(11(19)22)8-3-2-6(5-17)10(13)18-8/h2-4H,1H3. The molecule has 0 unspecified atom stereocenters. The Bertz CT molecular complexity index is 909. The normalized spacial score (nSPS) is 11.3. The Morgan fingerprint density at radius 1 is 1.32 bits per heavy atom. The fourth-order valence-corrected chi connectivity index (χ4v) is 1.93. The molecular weight excluding hydrogens is 325 g/mol. The molecule has 10 heteroatoms. The first-order valence-electron chi connectivity index (χ1n) is 5.64. The minimum Gasteiger partial charge on any atom is -0.292 e. The van der Waals surface area contributed by atoms with E-state index in [-0.39, 0.29) is 27.2 Å². The molecule has 114 valence electrons. The van der Waals surface area contributed by atoms with Gasteiger partial charge in [-0.15, -0.1) is 0 Å². The molecule has 0 aliphatic rings. The molecule has 2 heterocycles. The van der Waals surface area contributed by atoms with Crippen LogP contribution in [0.4, 0.5) is 13.2 Å². The Labute approximate surface area is 125 Å². The first kappa shape index (κ1) is 15.8. The lowest BCUT2D eigenvalue weighted by Crippen LogP contribution is -2.41. The molecule has 0 amide bonds. The molecule has 0 saturated heterocycles. The Hall–Kier alpha value is -2.60. The lowest BCUT2D eigenvalue weighted by atomic mass is 10.3. The lowest BCUT2D eigenvalue weighted by molar-refractivity contribution is -0.144. The van der Waals surface area contributed by atoms with Crippen LogP contribution in [0.15, 0.2) is 27.8 Å². The number of hydrogen-bond donors (Lipinski definition) is 0. The molecule has 0 radical (unpaired) electrons. The van der Waals surface area contributed by atoms with Crippen LogP contribution in [0.2, 0.25) is 5.15 Å².